The summed E-state index contributed by atoms with van der Waals surface area (Å²) < 4.78 is 2.48. The van der Waals surface area contributed by atoms with Gasteiger partial charge in [-0.2, -0.15) is 0 Å². The third-order valence-corrected chi connectivity index (χ3v) is 3.33. The summed E-state index contributed by atoms with van der Waals surface area (Å²) >= 11 is 3.36. The highest BCUT2D eigenvalue weighted by Crippen LogP contribution is 2.28. The van der Waals surface area contributed by atoms with Crippen molar-refractivity contribution in [2.45, 2.75) is 26.8 Å². The van der Waals surface area contributed by atoms with Crippen molar-refractivity contribution >= 4 is 15.9 Å². The second-order valence-electron chi connectivity index (χ2n) is 4.02. The Hall–Kier alpha value is -0.420. The Morgan fingerprint density at radius 2 is 1.93 bits per heavy atom. The molecule has 1 heterocycles. The summed E-state index contributed by atoms with van der Waals surface area (Å²) in [6.45, 7) is 6.49. The molecule has 1 aromatic heterocycles. The molecular formula is C9H17BrN4. The van der Waals surface area contributed by atoms with Gasteiger partial charge in [0, 0.05) is 7.05 Å². The molecule has 2 N–H and O–H groups in total. The van der Waals surface area contributed by atoms with E-state index in [1.54, 1.807) is 4.68 Å². The molecule has 0 spiro atoms. The molecule has 0 aliphatic heterocycles. The van der Waals surface area contributed by atoms with Crippen molar-refractivity contribution in [3.63, 3.8) is 0 Å². The number of nitrogens with zero attached hydrogens (tertiary/aromatic N) is 3. The summed E-state index contributed by atoms with van der Waals surface area (Å²) in [6, 6.07) is -0.0237. The van der Waals surface area contributed by atoms with Gasteiger partial charge in [0.2, 0.25) is 0 Å². The number of hydrogen-bond donors (Lipinski definition) is 1. The smallest absolute Gasteiger partial charge is 0.153 e. The van der Waals surface area contributed by atoms with Crippen LogP contribution in [0.15, 0.2) is 4.60 Å². The van der Waals surface area contributed by atoms with Gasteiger partial charge in [-0.15, -0.1) is 5.10 Å². The Bertz CT molecular complexity index is 288. The number of rotatable bonds is 3. The van der Waals surface area contributed by atoms with E-state index in [1.807, 2.05) is 7.05 Å². The zero-order valence-electron chi connectivity index (χ0n) is 9.03. The lowest BCUT2D eigenvalue weighted by Crippen LogP contribution is -2.25. The van der Waals surface area contributed by atoms with E-state index in [0.717, 1.165) is 10.3 Å². The molecule has 0 amide bonds. The Morgan fingerprint density at radius 3 is 2.29 bits per heavy atom. The molecule has 0 aliphatic rings. The topological polar surface area (TPSA) is 56.7 Å². The van der Waals surface area contributed by atoms with Gasteiger partial charge in [0.05, 0.1) is 11.7 Å². The first kappa shape index (κ1) is 11.7. The third kappa shape index (κ3) is 2.15. The molecule has 2 unspecified atom stereocenters. The SMILES string of the molecule is CC(C)C(C)C(N)c1c(Br)nnn1C. The molecule has 0 aliphatic carbocycles. The minimum absolute atomic E-state index is 0.0237. The molecule has 0 fully saturated rings. The lowest BCUT2D eigenvalue weighted by atomic mass is 9.89. The average molecular weight is 261 g/mol. The number of nitrogens with two attached hydrogens (primary N) is 1. The normalized spacial score (nSPS) is 15.9. The standard InChI is InChI=1S/C9H17BrN4/c1-5(2)6(3)7(11)8-9(10)12-13-14(8)4/h5-7H,11H2,1-4H3. The maximum atomic E-state index is 6.15. The molecule has 1 rings (SSSR count). The fourth-order valence-electron chi connectivity index (χ4n) is 1.36. The highest BCUT2D eigenvalue weighted by Gasteiger charge is 2.23. The van der Waals surface area contributed by atoms with Crippen LogP contribution in [0.2, 0.25) is 0 Å². The van der Waals surface area contributed by atoms with E-state index in [1.165, 1.54) is 0 Å². The second kappa shape index (κ2) is 4.40. The first-order chi connectivity index (χ1) is 6.45. The Morgan fingerprint density at radius 1 is 1.36 bits per heavy atom. The molecule has 0 aromatic carbocycles. The van der Waals surface area contributed by atoms with Crippen molar-refractivity contribution in [3.8, 4) is 0 Å². The van der Waals surface area contributed by atoms with Gasteiger partial charge in [-0.25, -0.2) is 4.68 Å². The zero-order chi connectivity index (χ0) is 10.9. The van der Waals surface area contributed by atoms with E-state index in [0.29, 0.717) is 11.8 Å². The molecule has 2 atom stereocenters. The molecule has 80 valence electrons. The van der Waals surface area contributed by atoms with Gasteiger partial charge in [-0.1, -0.05) is 26.0 Å². The fraction of sp³-hybridized carbons (Fsp3) is 0.778. The lowest BCUT2D eigenvalue weighted by Gasteiger charge is -2.23. The van der Waals surface area contributed by atoms with Gasteiger partial charge in [-0.3, -0.25) is 0 Å². The third-order valence-electron chi connectivity index (χ3n) is 2.76. The predicted octanol–water partition coefficient (Wildman–Crippen LogP) is 1.87. The lowest BCUT2D eigenvalue weighted by molar-refractivity contribution is 0.339. The van der Waals surface area contributed by atoms with Crippen molar-refractivity contribution in [1.82, 2.24) is 15.0 Å². The van der Waals surface area contributed by atoms with Crippen LogP contribution in [0.1, 0.15) is 32.5 Å². The monoisotopic (exact) mass is 260 g/mol. The van der Waals surface area contributed by atoms with Gasteiger partial charge in [0.15, 0.2) is 4.60 Å². The van der Waals surface area contributed by atoms with Crippen LogP contribution < -0.4 is 5.73 Å². The minimum Gasteiger partial charge on any atom is -0.322 e. The van der Waals surface area contributed by atoms with Crippen molar-refractivity contribution in [3.05, 3.63) is 10.3 Å². The first-order valence-corrected chi connectivity index (χ1v) is 5.55. The number of hydrogen-bond acceptors (Lipinski definition) is 3. The summed E-state index contributed by atoms with van der Waals surface area (Å²) in [5, 5.41) is 7.85. The van der Waals surface area contributed by atoms with Gasteiger partial charge in [0.25, 0.3) is 0 Å². The van der Waals surface area contributed by atoms with Gasteiger partial charge in [0.1, 0.15) is 0 Å². The Balaban J connectivity index is 2.94. The van der Waals surface area contributed by atoms with Crippen LogP contribution in [0.4, 0.5) is 0 Å². The molecule has 5 heteroatoms. The van der Waals surface area contributed by atoms with Crippen LogP contribution in [-0.4, -0.2) is 15.0 Å². The quantitative estimate of drug-likeness (QED) is 0.903. The van der Waals surface area contributed by atoms with Crippen molar-refractivity contribution in [2.75, 3.05) is 0 Å². The Labute approximate surface area is 93.0 Å². The Kier molecular flexibility index (Phi) is 3.66. The summed E-state index contributed by atoms with van der Waals surface area (Å²) in [5.74, 6) is 0.954. The van der Waals surface area contributed by atoms with Crippen LogP contribution in [0, 0.1) is 11.8 Å². The number of aryl methyl sites for hydroxylation is 1. The molecule has 14 heavy (non-hydrogen) atoms. The van der Waals surface area contributed by atoms with Crippen LogP contribution in [-0.2, 0) is 7.05 Å². The van der Waals surface area contributed by atoms with E-state index in [-0.39, 0.29) is 6.04 Å². The van der Waals surface area contributed by atoms with E-state index < -0.39 is 0 Å². The van der Waals surface area contributed by atoms with Crippen molar-refractivity contribution < 1.29 is 0 Å². The summed E-state index contributed by atoms with van der Waals surface area (Å²) in [4.78, 5) is 0. The van der Waals surface area contributed by atoms with E-state index in [2.05, 4.69) is 47.0 Å². The zero-order valence-corrected chi connectivity index (χ0v) is 10.6. The molecule has 4 nitrogen and oxygen atoms in total. The van der Waals surface area contributed by atoms with E-state index in [4.69, 9.17) is 5.73 Å². The molecule has 0 saturated heterocycles. The minimum atomic E-state index is -0.0237. The molecule has 1 aromatic rings. The van der Waals surface area contributed by atoms with Gasteiger partial charge < -0.3 is 5.73 Å². The van der Waals surface area contributed by atoms with Gasteiger partial charge >= 0.3 is 0 Å². The van der Waals surface area contributed by atoms with Crippen LogP contribution in [0.3, 0.4) is 0 Å². The van der Waals surface area contributed by atoms with Gasteiger partial charge in [-0.05, 0) is 27.8 Å². The summed E-state index contributed by atoms with van der Waals surface area (Å²) in [7, 11) is 1.86. The van der Waals surface area contributed by atoms with Crippen LogP contribution in [0.5, 0.6) is 0 Å². The molecular weight excluding hydrogens is 244 g/mol. The highest BCUT2D eigenvalue weighted by atomic mass is 79.9. The summed E-state index contributed by atoms with van der Waals surface area (Å²) in [5.41, 5.74) is 7.12. The van der Waals surface area contributed by atoms with Crippen molar-refractivity contribution in [1.29, 1.82) is 0 Å². The summed E-state index contributed by atoms with van der Waals surface area (Å²) in [6.07, 6.45) is 0. The van der Waals surface area contributed by atoms with E-state index >= 15 is 0 Å². The van der Waals surface area contributed by atoms with Crippen LogP contribution >= 0.6 is 15.9 Å². The number of aromatic nitrogens is 3. The highest BCUT2D eigenvalue weighted by molar-refractivity contribution is 9.10. The fourth-order valence-corrected chi connectivity index (χ4v) is 1.95. The predicted molar refractivity (Wildman–Crippen MR) is 59.6 cm³/mol. The maximum Gasteiger partial charge on any atom is 0.153 e. The molecule has 0 bridgehead atoms. The maximum absolute atomic E-state index is 6.15. The van der Waals surface area contributed by atoms with Crippen LogP contribution in [0.25, 0.3) is 0 Å². The van der Waals surface area contributed by atoms with Crippen molar-refractivity contribution in [2.24, 2.45) is 24.6 Å². The second-order valence-corrected chi connectivity index (χ2v) is 4.77. The first-order valence-electron chi connectivity index (χ1n) is 4.75. The average Bonchev–Trinajstić information content (AvgIpc) is 2.44. The number of halogens is 1. The largest absolute Gasteiger partial charge is 0.322 e. The molecule has 0 saturated carbocycles. The molecule has 0 radical (unpaired) electrons. The van der Waals surface area contributed by atoms with E-state index in [9.17, 15) is 0 Å².